The molecule has 0 aliphatic heterocycles. The summed E-state index contributed by atoms with van der Waals surface area (Å²) in [6, 6.07) is 6.12. The Morgan fingerprint density at radius 2 is 1.90 bits per heavy atom. The van der Waals surface area contributed by atoms with Crippen molar-refractivity contribution in [2.75, 3.05) is 13.7 Å². The number of hydrogen-bond donors (Lipinski definition) is 3. The van der Waals surface area contributed by atoms with Crippen LogP contribution in [-0.4, -0.2) is 36.9 Å². The van der Waals surface area contributed by atoms with Crippen molar-refractivity contribution in [2.24, 2.45) is 0 Å². The Morgan fingerprint density at radius 3 is 2.45 bits per heavy atom. The molecule has 20 heavy (non-hydrogen) atoms. The maximum Gasteiger partial charge on any atom is 0.335 e. The Bertz CT molecular complexity index is 445. The lowest BCUT2D eigenvalue weighted by Gasteiger charge is -2.11. The van der Waals surface area contributed by atoms with Gasteiger partial charge < -0.3 is 20.5 Å². The van der Waals surface area contributed by atoms with Gasteiger partial charge in [-0.25, -0.2) is 9.59 Å². The molecule has 0 aliphatic carbocycles. The second kappa shape index (κ2) is 8.16. The van der Waals surface area contributed by atoms with Crippen LogP contribution < -0.4 is 10.6 Å². The molecule has 1 unspecified atom stereocenters. The van der Waals surface area contributed by atoms with Gasteiger partial charge >= 0.3 is 12.0 Å². The third-order valence-corrected chi connectivity index (χ3v) is 2.89. The summed E-state index contributed by atoms with van der Waals surface area (Å²) in [6.07, 6.45) is 0.857. The smallest absolute Gasteiger partial charge is 0.335 e. The second-order valence-corrected chi connectivity index (χ2v) is 4.45. The number of carbonyl (C=O) groups is 2. The van der Waals surface area contributed by atoms with E-state index in [1.54, 1.807) is 19.2 Å². The molecule has 0 bridgehead atoms. The van der Waals surface area contributed by atoms with Crippen LogP contribution in [0.5, 0.6) is 0 Å². The number of carbonyl (C=O) groups excluding carboxylic acids is 1. The van der Waals surface area contributed by atoms with Crippen molar-refractivity contribution in [1.29, 1.82) is 0 Å². The number of ether oxygens (including phenoxy) is 1. The van der Waals surface area contributed by atoms with Crippen LogP contribution in [0.25, 0.3) is 0 Å². The van der Waals surface area contributed by atoms with Crippen LogP contribution in [0, 0.1) is 0 Å². The van der Waals surface area contributed by atoms with Crippen molar-refractivity contribution in [3.63, 3.8) is 0 Å². The number of carboxylic acid groups (broad SMARTS) is 1. The van der Waals surface area contributed by atoms with Crippen molar-refractivity contribution in [3.8, 4) is 0 Å². The summed E-state index contributed by atoms with van der Waals surface area (Å²) < 4.78 is 5.07. The van der Waals surface area contributed by atoms with Gasteiger partial charge in [0, 0.05) is 20.2 Å². The van der Waals surface area contributed by atoms with Crippen LogP contribution in [0.3, 0.4) is 0 Å². The van der Waals surface area contributed by atoms with Crippen molar-refractivity contribution in [1.82, 2.24) is 10.6 Å². The first-order valence-electron chi connectivity index (χ1n) is 6.39. The Kier molecular flexibility index (Phi) is 6.52. The van der Waals surface area contributed by atoms with E-state index in [2.05, 4.69) is 10.6 Å². The zero-order chi connectivity index (χ0) is 15.0. The zero-order valence-electron chi connectivity index (χ0n) is 11.7. The summed E-state index contributed by atoms with van der Waals surface area (Å²) in [7, 11) is 1.63. The quantitative estimate of drug-likeness (QED) is 0.708. The monoisotopic (exact) mass is 280 g/mol. The molecule has 0 saturated carbocycles. The van der Waals surface area contributed by atoms with E-state index in [0.717, 1.165) is 12.0 Å². The Hall–Kier alpha value is -2.08. The van der Waals surface area contributed by atoms with Crippen LogP contribution in [0.4, 0.5) is 4.79 Å². The minimum atomic E-state index is -0.963. The van der Waals surface area contributed by atoms with Crippen LogP contribution in [0.1, 0.15) is 29.3 Å². The van der Waals surface area contributed by atoms with E-state index in [4.69, 9.17) is 9.84 Å². The van der Waals surface area contributed by atoms with E-state index in [0.29, 0.717) is 13.1 Å². The molecular weight excluding hydrogens is 260 g/mol. The lowest BCUT2D eigenvalue weighted by Crippen LogP contribution is -2.36. The lowest BCUT2D eigenvalue weighted by atomic mass is 10.1. The van der Waals surface area contributed by atoms with Crippen LogP contribution in [-0.2, 0) is 11.3 Å². The molecular formula is C14H20N2O4. The number of amides is 2. The molecule has 0 saturated heterocycles. The number of benzene rings is 1. The van der Waals surface area contributed by atoms with Gasteiger partial charge in [0.2, 0.25) is 0 Å². The summed E-state index contributed by atoms with van der Waals surface area (Å²) in [4.78, 5) is 22.2. The zero-order valence-corrected chi connectivity index (χ0v) is 11.7. The average Bonchev–Trinajstić information content (AvgIpc) is 2.45. The van der Waals surface area contributed by atoms with E-state index in [-0.39, 0.29) is 17.7 Å². The molecule has 0 fully saturated rings. The maximum absolute atomic E-state index is 11.5. The number of hydrogen-bond acceptors (Lipinski definition) is 3. The number of rotatable bonds is 7. The fourth-order valence-corrected chi connectivity index (χ4v) is 1.52. The van der Waals surface area contributed by atoms with E-state index >= 15 is 0 Å². The van der Waals surface area contributed by atoms with Crippen LogP contribution in [0.15, 0.2) is 24.3 Å². The van der Waals surface area contributed by atoms with Crippen molar-refractivity contribution < 1.29 is 19.4 Å². The van der Waals surface area contributed by atoms with E-state index in [1.807, 2.05) is 6.92 Å². The van der Waals surface area contributed by atoms with Gasteiger partial charge in [0.15, 0.2) is 0 Å². The predicted octanol–water partition coefficient (Wildman–Crippen LogP) is 1.61. The molecule has 6 heteroatoms. The molecule has 0 spiro atoms. The first kappa shape index (κ1) is 16.0. The van der Waals surface area contributed by atoms with Crippen LogP contribution in [0.2, 0.25) is 0 Å². The minimum Gasteiger partial charge on any atom is -0.478 e. The molecule has 1 atom stereocenters. The fourth-order valence-electron chi connectivity index (χ4n) is 1.52. The number of methoxy groups -OCH3 is 1. The summed E-state index contributed by atoms with van der Waals surface area (Å²) in [6.45, 7) is 2.83. The highest BCUT2D eigenvalue weighted by atomic mass is 16.5. The summed E-state index contributed by atoms with van der Waals surface area (Å²) >= 11 is 0. The number of nitrogens with one attached hydrogen (secondary N) is 2. The van der Waals surface area contributed by atoms with E-state index < -0.39 is 5.97 Å². The molecule has 1 aromatic carbocycles. The summed E-state index contributed by atoms with van der Waals surface area (Å²) in [5, 5.41) is 14.2. The van der Waals surface area contributed by atoms with Crippen molar-refractivity contribution in [3.05, 3.63) is 35.4 Å². The first-order valence-corrected chi connectivity index (χ1v) is 6.39. The molecule has 110 valence electrons. The largest absolute Gasteiger partial charge is 0.478 e. The highest BCUT2D eigenvalue weighted by Crippen LogP contribution is 2.04. The SMILES string of the molecule is COC(C)CCNC(=O)NCc1ccc(C(=O)O)cc1. The molecule has 0 aliphatic rings. The number of carboxylic acids is 1. The van der Waals surface area contributed by atoms with Gasteiger partial charge in [-0.05, 0) is 31.0 Å². The van der Waals surface area contributed by atoms with Crippen molar-refractivity contribution >= 4 is 12.0 Å². The number of urea groups is 1. The molecule has 2 amide bonds. The van der Waals surface area contributed by atoms with Gasteiger partial charge in [0.1, 0.15) is 0 Å². The first-order chi connectivity index (χ1) is 9.52. The number of aromatic carboxylic acids is 1. The molecule has 0 heterocycles. The summed E-state index contributed by atoms with van der Waals surface area (Å²) in [5.74, 6) is -0.963. The second-order valence-electron chi connectivity index (χ2n) is 4.45. The van der Waals surface area contributed by atoms with Gasteiger partial charge in [-0.3, -0.25) is 0 Å². The molecule has 0 radical (unpaired) electrons. The lowest BCUT2D eigenvalue weighted by molar-refractivity contribution is 0.0697. The van der Waals surface area contributed by atoms with Gasteiger partial charge in [0.25, 0.3) is 0 Å². The van der Waals surface area contributed by atoms with Gasteiger partial charge in [-0.2, -0.15) is 0 Å². The normalized spacial score (nSPS) is 11.7. The maximum atomic E-state index is 11.5. The van der Waals surface area contributed by atoms with Gasteiger partial charge in [0.05, 0.1) is 11.7 Å². The highest BCUT2D eigenvalue weighted by molar-refractivity contribution is 5.87. The summed E-state index contributed by atoms with van der Waals surface area (Å²) in [5.41, 5.74) is 1.07. The minimum absolute atomic E-state index is 0.110. The van der Waals surface area contributed by atoms with E-state index in [9.17, 15) is 9.59 Å². The van der Waals surface area contributed by atoms with Crippen LogP contribution >= 0.6 is 0 Å². The Labute approximate surface area is 118 Å². The Morgan fingerprint density at radius 1 is 1.25 bits per heavy atom. The molecule has 3 N–H and O–H groups in total. The molecule has 0 aromatic heterocycles. The topological polar surface area (TPSA) is 87.7 Å². The Balaban J connectivity index is 2.28. The standard InChI is InChI=1S/C14H20N2O4/c1-10(20-2)7-8-15-14(19)16-9-11-3-5-12(6-4-11)13(17)18/h3-6,10H,7-9H2,1-2H3,(H,17,18)(H2,15,16,19). The molecule has 1 aromatic rings. The van der Waals surface area contributed by atoms with Gasteiger partial charge in [-0.1, -0.05) is 12.1 Å². The van der Waals surface area contributed by atoms with Gasteiger partial charge in [-0.15, -0.1) is 0 Å². The van der Waals surface area contributed by atoms with E-state index in [1.165, 1.54) is 12.1 Å². The van der Waals surface area contributed by atoms with Crippen molar-refractivity contribution in [2.45, 2.75) is 26.0 Å². The molecule has 1 rings (SSSR count). The average molecular weight is 280 g/mol. The fraction of sp³-hybridized carbons (Fsp3) is 0.429. The third kappa shape index (κ3) is 5.71. The predicted molar refractivity (Wildman–Crippen MR) is 74.7 cm³/mol. The third-order valence-electron chi connectivity index (χ3n) is 2.89. The molecule has 6 nitrogen and oxygen atoms in total. The highest BCUT2D eigenvalue weighted by Gasteiger charge is 2.04.